The van der Waals surface area contributed by atoms with Gasteiger partial charge in [0.05, 0.1) is 24.4 Å². The molecular formula is C27H40N4O6. The Bertz CT molecular complexity index is 999. The fourth-order valence-corrected chi connectivity index (χ4v) is 5.18. The van der Waals surface area contributed by atoms with Gasteiger partial charge in [-0.3, -0.25) is 9.59 Å². The van der Waals surface area contributed by atoms with E-state index < -0.39 is 24.3 Å². The number of hydrogen-bond acceptors (Lipinski definition) is 6. The molecule has 4 bridgehead atoms. The highest BCUT2D eigenvalue weighted by molar-refractivity contribution is 5.97. The Hall–Kier alpha value is -2.85. The number of nitrogens with one attached hydrogen (secondary N) is 3. The van der Waals surface area contributed by atoms with Gasteiger partial charge in [0.15, 0.2) is 0 Å². The van der Waals surface area contributed by atoms with Crippen molar-refractivity contribution in [3.63, 3.8) is 0 Å². The molecule has 4 N–H and O–H groups in total. The number of aliphatic hydroxyl groups is 1. The normalized spacial score (nSPS) is 28.8. The van der Waals surface area contributed by atoms with Gasteiger partial charge in [-0.25, -0.2) is 4.79 Å². The van der Waals surface area contributed by atoms with Gasteiger partial charge in [0.2, 0.25) is 5.91 Å². The molecule has 10 heteroatoms. The predicted octanol–water partition coefficient (Wildman–Crippen LogP) is 1.91. The monoisotopic (exact) mass is 516 g/mol. The van der Waals surface area contributed by atoms with Crippen molar-refractivity contribution in [2.24, 2.45) is 0 Å². The van der Waals surface area contributed by atoms with Gasteiger partial charge in [-0.1, -0.05) is 19.9 Å². The molecule has 0 aromatic heterocycles. The second-order valence-corrected chi connectivity index (χ2v) is 10.9. The Morgan fingerprint density at radius 3 is 2.68 bits per heavy atom. The molecule has 5 atom stereocenters. The van der Waals surface area contributed by atoms with Crippen molar-refractivity contribution in [3.8, 4) is 5.75 Å². The minimum Gasteiger partial charge on any atom is -0.493 e. The molecule has 0 saturated carbocycles. The van der Waals surface area contributed by atoms with Crippen LogP contribution in [0, 0.1) is 0 Å². The maximum absolute atomic E-state index is 13.3. The van der Waals surface area contributed by atoms with Gasteiger partial charge in [0.25, 0.3) is 5.91 Å². The van der Waals surface area contributed by atoms with Crippen LogP contribution in [0.3, 0.4) is 0 Å². The highest BCUT2D eigenvalue weighted by Gasteiger charge is 2.41. The first-order chi connectivity index (χ1) is 17.6. The van der Waals surface area contributed by atoms with Crippen LogP contribution < -0.4 is 20.7 Å². The zero-order chi connectivity index (χ0) is 26.7. The van der Waals surface area contributed by atoms with Gasteiger partial charge < -0.3 is 35.4 Å². The average Bonchev–Trinajstić information content (AvgIpc) is 3.27. The summed E-state index contributed by atoms with van der Waals surface area (Å²) in [5.74, 6) is 0.143. The molecular weight excluding hydrogens is 476 g/mol. The topological polar surface area (TPSA) is 129 Å². The lowest BCUT2D eigenvalue weighted by molar-refractivity contribution is -0.133. The molecule has 37 heavy (non-hydrogen) atoms. The quantitative estimate of drug-likeness (QED) is 0.475. The van der Waals surface area contributed by atoms with E-state index in [0.29, 0.717) is 37.2 Å². The third-order valence-corrected chi connectivity index (χ3v) is 7.28. The van der Waals surface area contributed by atoms with Crippen LogP contribution in [0.5, 0.6) is 5.75 Å². The second kappa shape index (κ2) is 11.7. The van der Waals surface area contributed by atoms with E-state index in [-0.39, 0.29) is 55.4 Å². The molecule has 0 unspecified atom stereocenters. The molecule has 10 nitrogen and oxygen atoms in total. The summed E-state index contributed by atoms with van der Waals surface area (Å²) in [4.78, 5) is 41.0. The number of hydrogen-bond donors (Lipinski definition) is 4. The van der Waals surface area contributed by atoms with Gasteiger partial charge in [0, 0.05) is 31.6 Å². The molecule has 4 amide bonds. The highest BCUT2D eigenvalue weighted by atomic mass is 16.5. The van der Waals surface area contributed by atoms with Gasteiger partial charge in [-0.15, -0.1) is 0 Å². The van der Waals surface area contributed by atoms with E-state index in [0.717, 1.165) is 5.56 Å². The van der Waals surface area contributed by atoms with E-state index in [1.807, 2.05) is 26.0 Å². The molecule has 3 heterocycles. The third kappa shape index (κ3) is 6.54. The highest BCUT2D eigenvalue weighted by Crippen LogP contribution is 2.28. The first kappa shape index (κ1) is 27.2. The van der Waals surface area contributed by atoms with Gasteiger partial charge in [-0.2, -0.15) is 0 Å². The molecule has 4 rings (SSSR count). The lowest BCUT2D eigenvalue weighted by Gasteiger charge is -2.34. The van der Waals surface area contributed by atoms with Crippen molar-refractivity contribution < 1.29 is 29.0 Å². The first-order valence-corrected chi connectivity index (χ1v) is 13.4. The number of urea groups is 1. The number of likely N-dealkylation sites (tertiary alicyclic amines) is 1. The number of benzene rings is 1. The second-order valence-electron chi connectivity index (χ2n) is 10.9. The van der Waals surface area contributed by atoms with Crippen molar-refractivity contribution in [1.29, 1.82) is 0 Å². The number of carbonyl (C=O) groups is 3. The lowest BCUT2D eigenvalue weighted by Crippen LogP contribution is -2.53. The number of aliphatic hydroxyl groups excluding tert-OH is 1. The smallest absolute Gasteiger partial charge is 0.318 e. The molecule has 0 aliphatic carbocycles. The van der Waals surface area contributed by atoms with Crippen LogP contribution in [0.25, 0.3) is 0 Å². The zero-order valence-electron chi connectivity index (χ0n) is 22.2. The zero-order valence-corrected chi connectivity index (χ0v) is 22.2. The summed E-state index contributed by atoms with van der Waals surface area (Å²) in [6.45, 7) is 8.57. The molecule has 1 aromatic carbocycles. The van der Waals surface area contributed by atoms with Crippen LogP contribution >= 0.6 is 0 Å². The minimum atomic E-state index is -0.757. The van der Waals surface area contributed by atoms with E-state index in [1.54, 1.807) is 6.07 Å². The fourth-order valence-electron chi connectivity index (χ4n) is 5.18. The van der Waals surface area contributed by atoms with Crippen molar-refractivity contribution in [3.05, 3.63) is 29.3 Å². The largest absolute Gasteiger partial charge is 0.493 e. The van der Waals surface area contributed by atoms with Crippen LogP contribution in [-0.4, -0.2) is 84.0 Å². The summed E-state index contributed by atoms with van der Waals surface area (Å²) < 4.78 is 12.2. The Morgan fingerprint density at radius 1 is 1.16 bits per heavy atom. The Labute approximate surface area is 218 Å². The standard InChI is InChI=1S/C27H40N4O6/c1-15(2)17-5-7-20-23(11-17)36-10-9-19-6-8-22(32)24(37-19)13-28-26(34)21-12-18(30-25(20)33)14-31(21)27(35)29-16(3)4/h5,7,11,15-16,18-19,21-22,24,32H,6,8-10,12-14H2,1-4H3,(H,28,34)(H,29,35)(H,30,33)/t18-,19-,21-,22-,24+/m0/s1. The SMILES string of the molecule is CC(C)NC(=O)N1C[C@@H]2C[C@H]1C(=O)NC[C@H]1O[C@H](CCOc3cc(C(C)C)ccc3C(=O)N2)CC[C@@H]1O. The summed E-state index contributed by atoms with van der Waals surface area (Å²) in [6, 6.07) is 3.98. The Morgan fingerprint density at radius 2 is 1.95 bits per heavy atom. The van der Waals surface area contributed by atoms with E-state index in [1.165, 1.54) is 4.90 Å². The molecule has 3 aliphatic heterocycles. The lowest BCUT2D eigenvalue weighted by atomic mass is 9.99. The summed E-state index contributed by atoms with van der Waals surface area (Å²) in [5.41, 5.74) is 1.48. The van der Waals surface area contributed by atoms with Crippen molar-refractivity contribution in [2.45, 2.75) is 95.7 Å². The van der Waals surface area contributed by atoms with Crippen molar-refractivity contribution in [1.82, 2.24) is 20.9 Å². The van der Waals surface area contributed by atoms with E-state index in [4.69, 9.17) is 9.47 Å². The molecule has 1 aromatic rings. The van der Waals surface area contributed by atoms with Crippen LogP contribution in [0.1, 0.15) is 75.2 Å². The van der Waals surface area contributed by atoms with E-state index in [9.17, 15) is 19.5 Å². The number of nitrogens with zero attached hydrogens (tertiary/aromatic N) is 1. The van der Waals surface area contributed by atoms with Gasteiger partial charge >= 0.3 is 6.03 Å². The van der Waals surface area contributed by atoms with Gasteiger partial charge in [0.1, 0.15) is 17.9 Å². The summed E-state index contributed by atoms with van der Waals surface area (Å²) in [7, 11) is 0. The number of carbonyl (C=O) groups excluding carboxylic acids is 3. The van der Waals surface area contributed by atoms with Crippen molar-refractivity contribution in [2.75, 3.05) is 19.7 Å². The van der Waals surface area contributed by atoms with E-state index >= 15 is 0 Å². The van der Waals surface area contributed by atoms with Crippen LogP contribution in [0.15, 0.2) is 18.2 Å². The van der Waals surface area contributed by atoms with Crippen LogP contribution in [-0.2, 0) is 9.53 Å². The summed E-state index contributed by atoms with van der Waals surface area (Å²) >= 11 is 0. The van der Waals surface area contributed by atoms with Gasteiger partial charge in [-0.05, 0) is 56.7 Å². The van der Waals surface area contributed by atoms with Crippen LogP contribution in [0.4, 0.5) is 4.79 Å². The number of ether oxygens (including phenoxy) is 2. The fraction of sp³-hybridized carbons (Fsp3) is 0.667. The molecule has 204 valence electrons. The Balaban J connectivity index is 1.63. The number of fused-ring (bicyclic) bond motifs is 5. The minimum absolute atomic E-state index is 0.103. The van der Waals surface area contributed by atoms with Crippen molar-refractivity contribution >= 4 is 17.8 Å². The molecule has 0 radical (unpaired) electrons. The third-order valence-electron chi connectivity index (χ3n) is 7.28. The summed E-state index contributed by atoms with van der Waals surface area (Å²) in [6.07, 6.45) is 0.774. The van der Waals surface area contributed by atoms with Crippen LogP contribution in [0.2, 0.25) is 0 Å². The Kier molecular flexibility index (Phi) is 8.59. The molecule has 2 fully saturated rings. The van der Waals surface area contributed by atoms with E-state index in [2.05, 4.69) is 29.8 Å². The number of amides is 4. The molecule has 2 saturated heterocycles. The maximum Gasteiger partial charge on any atom is 0.318 e. The number of rotatable bonds is 2. The average molecular weight is 517 g/mol. The maximum atomic E-state index is 13.3. The molecule has 0 spiro atoms. The first-order valence-electron chi connectivity index (χ1n) is 13.4. The summed E-state index contributed by atoms with van der Waals surface area (Å²) in [5, 5.41) is 19.2. The molecule has 3 aliphatic rings. The predicted molar refractivity (Wildman–Crippen MR) is 138 cm³/mol.